The van der Waals surface area contributed by atoms with E-state index in [1.54, 1.807) is 48.5 Å². The molecule has 0 unspecified atom stereocenters. The fourth-order valence-corrected chi connectivity index (χ4v) is 5.93. The summed E-state index contributed by atoms with van der Waals surface area (Å²) in [6.07, 6.45) is -0.251. The minimum absolute atomic E-state index is 0.0273. The van der Waals surface area contributed by atoms with E-state index in [0.717, 1.165) is 32.0 Å². The van der Waals surface area contributed by atoms with E-state index >= 15 is 0 Å². The maximum atomic E-state index is 13.6. The highest BCUT2D eigenvalue weighted by Crippen LogP contribution is 2.42. The van der Waals surface area contributed by atoms with Gasteiger partial charge in [-0.1, -0.05) is 26.7 Å². The number of aliphatic hydroxyl groups excluding tert-OH is 1. The van der Waals surface area contributed by atoms with Gasteiger partial charge in [0.15, 0.2) is 11.9 Å². The van der Waals surface area contributed by atoms with Gasteiger partial charge in [0.05, 0.1) is 5.69 Å². The number of fused-ring (bicyclic) bond motifs is 1. The van der Waals surface area contributed by atoms with Crippen molar-refractivity contribution in [2.75, 3.05) is 19.0 Å². The molecule has 1 saturated carbocycles. The van der Waals surface area contributed by atoms with Crippen molar-refractivity contribution in [3.05, 3.63) is 24.2 Å². The molecular formula is C34H48N6O10. The summed E-state index contributed by atoms with van der Waals surface area (Å²) in [6, 6.07) is 3.80. The average molecular weight is 701 g/mol. The lowest BCUT2D eigenvalue weighted by atomic mass is 9.92. The minimum Gasteiger partial charge on any atom is -0.463 e. The van der Waals surface area contributed by atoms with Gasteiger partial charge in [-0.15, -0.1) is 0 Å². The molecular weight excluding hydrogens is 652 g/mol. The Balaban J connectivity index is 1.66. The van der Waals surface area contributed by atoms with Gasteiger partial charge in [-0.05, 0) is 71.4 Å². The highest BCUT2D eigenvalue weighted by atomic mass is 16.6. The number of rotatable bonds is 12. The molecule has 16 heteroatoms. The minimum atomic E-state index is -2.20. The molecule has 50 heavy (non-hydrogen) atoms. The molecule has 0 radical (unpaired) electrons. The highest BCUT2D eigenvalue weighted by Gasteiger charge is 2.60. The molecule has 1 saturated heterocycles. The topological polar surface area (TPSA) is 213 Å². The Hall–Kier alpha value is -4.33. The van der Waals surface area contributed by atoms with Gasteiger partial charge in [0.1, 0.15) is 54.0 Å². The summed E-state index contributed by atoms with van der Waals surface area (Å²) < 4.78 is 29.4. The number of carbonyl (C=O) groups excluding carboxylic acids is 4. The van der Waals surface area contributed by atoms with Crippen LogP contribution in [0.15, 0.2) is 18.5 Å². The first-order valence-electron chi connectivity index (χ1n) is 16.7. The smallest absolute Gasteiger partial charge is 0.408 e. The summed E-state index contributed by atoms with van der Waals surface area (Å²) in [7, 11) is 1.39. The Bertz CT molecular complexity index is 1610. The van der Waals surface area contributed by atoms with Crippen molar-refractivity contribution in [2.45, 2.75) is 122 Å². The van der Waals surface area contributed by atoms with Crippen molar-refractivity contribution < 1.29 is 48.0 Å². The van der Waals surface area contributed by atoms with Crippen LogP contribution in [0.25, 0.3) is 5.52 Å². The van der Waals surface area contributed by atoms with Crippen molar-refractivity contribution in [1.29, 1.82) is 5.26 Å². The van der Waals surface area contributed by atoms with Crippen molar-refractivity contribution in [2.24, 2.45) is 11.8 Å². The number of nitriles is 1. The number of esters is 2. The Labute approximate surface area is 291 Å². The van der Waals surface area contributed by atoms with Crippen LogP contribution in [0.3, 0.4) is 0 Å². The zero-order chi connectivity index (χ0) is 37.0. The van der Waals surface area contributed by atoms with Crippen LogP contribution in [-0.2, 0) is 43.7 Å². The van der Waals surface area contributed by atoms with E-state index in [1.807, 2.05) is 6.07 Å². The van der Waals surface area contributed by atoms with E-state index in [0.29, 0.717) is 0 Å². The summed E-state index contributed by atoms with van der Waals surface area (Å²) in [5.74, 6) is -2.09. The monoisotopic (exact) mass is 700 g/mol. The third kappa shape index (κ3) is 8.51. The Kier molecular flexibility index (Phi) is 11.8. The molecule has 274 valence electrons. The molecule has 0 bridgehead atoms. The van der Waals surface area contributed by atoms with E-state index in [2.05, 4.69) is 20.7 Å². The molecule has 2 fully saturated rings. The lowest BCUT2D eigenvalue weighted by Crippen LogP contribution is -2.50. The van der Waals surface area contributed by atoms with Crippen LogP contribution in [0.1, 0.15) is 86.3 Å². The standard InChI is InChI=1S/C34H48N6O10/c1-19(2)25(38-31(45)50-32(3,4)5)29(43)48-26-22(16-47-24(41)15-20-11-9-10-12-20)49-34(17-35,27(26)42)23-14-13-21-28(36-18-37-40(21)23)39-30(44)33(6,7)46-8/h13-14,18-20,22,25-27,42H,9-12,15-16H2,1-8H3,(H,38,45)(H,36,37,39,44)/t22-,25-,26-,27-,34+/m1/s1. The zero-order valence-electron chi connectivity index (χ0n) is 29.8. The molecule has 4 rings (SSSR count). The number of ether oxygens (including phenoxy) is 5. The van der Waals surface area contributed by atoms with Crippen molar-refractivity contribution in [3.8, 4) is 6.07 Å². The summed E-state index contributed by atoms with van der Waals surface area (Å²) in [5, 5.41) is 31.9. The van der Waals surface area contributed by atoms with E-state index in [9.17, 15) is 29.5 Å². The first kappa shape index (κ1) is 38.5. The van der Waals surface area contributed by atoms with Crippen LogP contribution in [0.2, 0.25) is 0 Å². The normalized spacial score (nSPS) is 23.3. The number of nitrogens with zero attached hydrogens (tertiary/aromatic N) is 4. The largest absolute Gasteiger partial charge is 0.463 e. The number of methoxy groups -OCH3 is 1. The van der Waals surface area contributed by atoms with Crippen LogP contribution in [-0.4, -0.2) is 92.9 Å². The molecule has 3 N–H and O–H groups in total. The average Bonchev–Trinajstić information content (AvgIpc) is 3.77. The quantitative estimate of drug-likeness (QED) is 0.215. The number of carbonyl (C=O) groups is 4. The number of anilines is 1. The SMILES string of the molecule is COC(C)(C)C(=O)Nc1ncnn2c([C@]3(C#N)O[C@H](COC(=O)CC4CCCC4)[C@@H](OC(=O)[C@H](NC(=O)OC(C)(C)C)C(C)C)[C@H]3O)ccc12. The summed E-state index contributed by atoms with van der Waals surface area (Å²) in [5.41, 5.74) is -3.94. The zero-order valence-corrected chi connectivity index (χ0v) is 29.8. The molecule has 1 aliphatic heterocycles. The summed E-state index contributed by atoms with van der Waals surface area (Å²) >= 11 is 0. The molecule has 16 nitrogen and oxygen atoms in total. The van der Waals surface area contributed by atoms with Gasteiger partial charge in [0.25, 0.3) is 5.91 Å². The number of hydrogen-bond acceptors (Lipinski definition) is 13. The van der Waals surface area contributed by atoms with Gasteiger partial charge in [0, 0.05) is 13.5 Å². The van der Waals surface area contributed by atoms with E-state index in [-0.39, 0.29) is 29.4 Å². The van der Waals surface area contributed by atoms with Gasteiger partial charge in [-0.25, -0.2) is 19.1 Å². The number of alkyl carbamates (subject to hydrolysis) is 1. The number of nitrogens with one attached hydrogen (secondary N) is 2. The molecule has 2 aromatic heterocycles. The van der Waals surface area contributed by atoms with E-state index in [1.165, 1.54) is 23.8 Å². The maximum Gasteiger partial charge on any atom is 0.408 e. The lowest BCUT2D eigenvalue weighted by molar-refractivity contribution is -0.163. The second-order valence-electron chi connectivity index (χ2n) is 14.5. The third-order valence-corrected chi connectivity index (χ3v) is 8.90. The van der Waals surface area contributed by atoms with Gasteiger partial charge in [-0.2, -0.15) is 10.4 Å². The molecule has 3 heterocycles. The van der Waals surface area contributed by atoms with Gasteiger partial charge in [-0.3, -0.25) is 9.59 Å². The molecule has 5 atom stereocenters. The van der Waals surface area contributed by atoms with Crippen molar-refractivity contribution in [3.63, 3.8) is 0 Å². The fourth-order valence-electron chi connectivity index (χ4n) is 5.93. The van der Waals surface area contributed by atoms with Crippen molar-refractivity contribution in [1.82, 2.24) is 19.9 Å². The number of aliphatic hydroxyl groups is 1. The molecule has 0 spiro atoms. The van der Waals surface area contributed by atoms with Crippen LogP contribution >= 0.6 is 0 Å². The second-order valence-corrected chi connectivity index (χ2v) is 14.5. The summed E-state index contributed by atoms with van der Waals surface area (Å²) in [6.45, 7) is 11.1. The molecule has 2 amide bonds. The lowest BCUT2D eigenvalue weighted by Gasteiger charge is -2.28. The first-order valence-corrected chi connectivity index (χ1v) is 16.7. The van der Waals surface area contributed by atoms with Crippen LogP contribution in [0, 0.1) is 23.2 Å². The van der Waals surface area contributed by atoms with Crippen LogP contribution in [0.4, 0.5) is 10.6 Å². The first-order chi connectivity index (χ1) is 23.4. The van der Waals surface area contributed by atoms with Gasteiger partial charge in [0.2, 0.25) is 5.60 Å². The fraction of sp³-hybridized carbons (Fsp3) is 0.676. The predicted molar refractivity (Wildman–Crippen MR) is 176 cm³/mol. The van der Waals surface area contributed by atoms with Crippen molar-refractivity contribution >= 4 is 35.3 Å². The van der Waals surface area contributed by atoms with E-state index < -0.39 is 77.6 Å². The number of amides is 2. The highest BCUT2D eigenvalue weighted by molar-refractivity contribution is 5.98. The Morgan fingerprint density at radius 2 is 1.84 bits per heavy atom. The van der Waals surface area contributed by atoms with Gasteiger partial charge >= 0.3 is 18.0 Å². The second kappa shape index (κ2) is 15.3. The third-order valence-electron chi connectivity index (χ3n) is 8.90. The number of aromatic nitrogens is 3. The van der Waals surface area contributed by atoms with Gasteiger partial charge < -0.3 is 39.4 Å². The molecule has 0 aromatic carbocycles. The van der Waals surface area contributed by atoms with E-state index in [4.69, 9.17) is 23.7 Å². The summed E-state index contributed by atoms with van der Waals surface area (Å²) in [4.78, 5) is 56.1. The Morgan fingerprint density at radius 1 is 1.16 bits per heavy atom. The maximum absolute atomic E-state index is 13.6. The number of hydrogen-bond donors (Lipinski definition) is 3. The molecule has 1 aliphatic carbocycles. The molecule has 2 aliphatic rings. The van der Waals surface area contributed by atoms with Crippen LogP contribution in [0.5, 0.6) is 0 Å². The van der Waals surface area contributed by atoms with Crippen LogP contribution < -0.4 is 10.6 Å². The Morgan fingerprint density at radius 3 is 2.44 bits per heavy atom. The predicted octanol–water partition coefficient (Wildman–Crippen LogP) is 3.16. The molecule has 2 aromatic rings.